The molecule has 3 amide bonds. The number of rotatable bonds is 3. The molecule has 6 heteroatoms. The van der Waals surface area contributed by atoms with Crippen molar-refractivity contribution in [3.63, 3.8) is 0 Å². The van der Waals surface area contributed by atoms with Gasteiger partial charge in [0.2, 0.25) is 5.91 Å². The zero-order valence-electron chi connectivity index (χ0n) is 12.7. The van der Waals surface area contributed by atoms with Gasteiger partial charge in [-0.1, -0.05) is 0 Å². The molecule has 0 spiro atoms. The normalized spacial score (nSPS) is 28.9. The van der Waals surface area contributed by atoms with Crippen molar-refractivity contribution in [3.05, 3.63) is 0 Å². The van der Waals surface area contributed by atoms with Crippen molar-refractivity contribution in [1.82, 2.24) is 15.5 Å². The third kappa shape index (κ3) is 3.42. The zero-order valence-corrected chi connectivity index (χ0v) is 12.7. The molecular weight excluding hydrogens is 258 g/mol. The maximum atomic E-state index is 12.1. The van der Waals surface area contributed by atoms with Gasteiger partial charge in [0.1, 0.15) is 0 Å². The number of urea groups is 1. The third-order valence-electron chi connectivity index (χ3n) is 3.62. The highest BCUT2D eigenvalue weighted by molar-refractivity contribution is 5.80. The van der Waals surface area contributed by atoms with E-state index in [0.717, 1.165) is 0 Å². The molecule has 2 fully saturated rings. The molecule has 2 saturated heterocycles. The quantitative estimate of drug-likeness (QED) is 0.801. The molecule has 2 bridgehead atoms. The zero-order chi connectivity index (χ0) is 14.9. The summed E-state index contributed by atoms with van der Waals surface area (Å²) < 4.78 is 5.82. The third-order valence-corrected chi connectivity index (χ3v) is 3.62. The van der Waals surface area contributed by atoms with Crippen molar-refractivity contribution in [2.75, 3.05) is 13.1 Å². The molecule has 2 aliphatic rings. The van der Waals surface area contributed by atoms with Crippen molar-refractivity contribution in [3.8, 4) is 0 Å². The molecule has 6 nitrogen and oxygen atoms in total. The number of nitrogens with zero attached hydrogens (tertiary/aromatic N) is 1. The number of ether oxygens (including phenoxy) is 1. The van der Waals surface area contributed by atoms with Gasteiger partial charge in [0.25, 0.3) is 0 Å². The summed E-state index contributed by atoms with van der Waals surface area (Å²) in [5, 5.41) is 5.82. The molecule has 0 aromatic rings. The number of fused-ring (bicyclic) bond motifs is 2. The largest absolute Gasteiger partial charge is 0.370 e. The number of carbonyl (C=O) groups excluding carboxylic acids is 2. The van der Waals surface area contributed by atoms with Crippen LogP contribution in [0.2, 0.25) is 0 Å². The first-order valence-electron chi connectivity index (χ1n) is 7.38. The fourth-order valence-electron chi connectivity index (χ4n) is 2.83. The maximum absolute atomic E-state index is 12.1. The molecule has 2 N–H and O–H groups in total. The SMILES string of the molecule is CC(C)NC(=O)[C@H]1C[C@H]2CN(C(=O)NC(C)C)C[C@@H]1O2. The van der Waals surface area contributed by atoms with Crippen molar-refractivity contribution in [1.29, 1.82) is 0 Å². The first-order chi connectivity index (χ1) is 9.36. The Hall–Kier alpha value is -1.30. The molecule has 20 heavy (non-hydrogen) atoms. The van der Waals surface area contributed by atoms with Crippen LogP contribution < -0.4 is 10.6 Å². The van der Waals surface area contributed by atoms with Crippen LogP contribution in [0.3, 0.4) is 0 Å². The van der Waals surface area contributed by atoms with Gasteiger partial charge in [-0.15, -0.1) is 0 Å². The lowest BCUT2D eigenvalue weighted by molar-refractivity contribution is -0.128. The van der Waals surface area contributed by atoms with Crippen LogP contribution in [-0.2, 0) is 9.53 Å². The van der Waals surface area contributed by atoms with Crippen molar-refractivity contribution in [2.24, 2.45) is 5.92 Å². The van der Waals surface area contributed by atoms with Crippen molar-refractivity contribution < 1.29 is 14.3 Å². The van der Waals surface area contributed by atoms with Gasteiger partial charge in [0.05, 0.1) is 18.1 Å². The van der Waals surface area contributed by atoms with Gasteiger partial charge >= 0.3 is 6.03 Å². The number of nitrogens with one attached hydrogen (secondary N) is 2. The van der Waals surface area contributed by atoms with E-state index in [1.807, 2.05) is 27.7 Å². The Morgan fingerprint density at radius 3 is 2.35 bits per heavy atom. The first kappa shape index (κ1) is 15.1. The minimum absolute atomic E-state index is 0.0189. The predicted molar refractivity (Wildman–Crippen MR) is 75.3 cm³/mol. The summed E-state index contributed by atoms with van der Waals surface area (Å²) in [5.74, 6) is -0.0992. The topological polar surface area (TPSA) is 70.7 Å². The molecule has 0 saturated carbocycles. The van der Waals surface area contributed by atoms with Crippen LogP contribution in [0.5, 0.6) is 0 Å². The highest BCUT2D eigenvalue weighted by atomic mass is 16.5. The molecule has 0 aliphatic carbocycles. The van der Waals surface area contributed by atoms with Crippen LogP contribution in [-0.4, -0.2) is 54.2 Å². The van der Waals surface area contributed by atoms with Gasteiger partial charge < -0.3 is 20.3 Å². The number of likely N-dealkylation sites (tertiary alicyclic amines) is 1. The van der Waals surface area contributed by atoms with E-state index in [1.165, 1.54) is 0 Å². The van der Waals surface area contributed by atoms with Gasteiger partial charge in [0, 0.05) is 25.2 Å². The second kappa shape index (κ2) is 5.99. The summed E-state index contributed by atoms with van der Waals surface area (Å²) in [6.45, 7) is 8.83. The van der Waals surface area contributed by atoms with E-state index in [-0.39, 0.29) is 42.1 Å². The Kier molecular flexibility index (Phi) is 4.52. The van der Waals surface area contributed by atoms with E-state index >= 15 is 0 Å². The second-order valence-electron chi connectivity index (χ2n) is 6.31. The molecular formula is C14H25N3O3. The van der Waals surface area contributed by atoms with Crippen LogP contribution in [0.1, 0.15) is 34.1 Å². The van der Waals surface area contributed by atoms with Crippen LogP contribution in [0.4, 0.5) is 4.79 Å². The number of hydrogen-bond donors (Lipinski definition) is 2. The minimum Gasteiger partial charge on any atom is -0.370 e. The summed E-state index contributed by atoms with van der Waals surface area (Å²) in [6, 6.07) is 0.176. The summed E-state index contributed by atoms with van der Waals surface area (Å²) in [5.41, 5.74) is 0. The lowest BCUT2D eigenvalue weighted by atomic mass is 9.99. The monoisotopic (exact) mass is 283 g/mol. The second-order valence-corrected chi connectivity index (χ2v) is 6.31. The van der Waals surface area contributed by atoms with Crippen molar-refractivity contribution >= 4 is 11.9 Å². The van der Waals surface area contributed by atoms with Crippen LogP contribution >= 0.6 is 0 Å². The highest BCUT2D eigenvalue weighted by Gasteiger charge is 2.45. The van der Waals surface area contributed by atoms with Crippen molar-refractivity contribution in [2.45, 2.75) is 58.4 Å². The van der Waals surface area contributed by atoms with Crippen LogP contribution in [0, 0.1) is 5.92 Å². The Morgan fingerprint density at radius 1 is 1.10 bits per heavy atom. The number of carbonyl (C=O) groups is 2. The molecule has 2 rings (SSSR count). The highest BCUT2D eigenvalue weighted by Crippen LogP contribution is 2.32. The first-order valence-corrected chi connectivity index (χ1v) is 7.38. The Balaban J connectivity index is 1.95. The number of morpholine rings is 1. The van der Waals surface area contributed by atoms with Gasteiger partial charge in [-0.05, 0) is 34.1 Å². The lowest BCUT2D eigenvalue weighted by Crippen LogP contribution is -2.52. The standard InChI is InChI=1S/C14H25N3O3/c1-8(2)15-13(18)11-5-10-6-17(7-12(11)20-10)14(19)16-9(3)4/h8-12H,5-7H2,1-4H3,(H,15,18)(H,16,19)/t10-,11-,12-/m0/s1. The van der Waals surface area contributed by atoms with E-state index in [1.54, 1.807) is 4.90 Å². The van der Waals surface area contributed by atoms with E-state index < -0.39 is 0 Å². The van der Waals surface area contributed by atoms with Gasteiger partial charge in [-0.3, -0.25) is 4.79 Å². The predicted octanol–water partition coefficient (Wildman–Crippen LogP) is 0.718. The molecule has 114 valence electrons. The number of hydrogen-bond acceptors (Lipinski definition) is 3. The lowest BCUT2D eigenvalue weighted by Gasteiger charge is -2.33. The number of amides is 3. The average Bonchev–Trinajstić information content (AvgIpc) is 2.62. The van der Waals surface area contributed by atoms with Crippen LogP contribution in [0.25, 0.3) is 0 Å². The Labute approximate surface area is 120 Å². The summed E-state index contributed by atoms with van der Waals surface area (Å²) in [6.07, 6.45) is 0.509. The van der Waals surface area contributed by atoms with Gasteiger partial charge in [-0.25, -0.2) is 4.79 Å². The minimum atomic E-state index is -0.176. The van der Waals surface area contributed by atoms with Crippen LogP contribution in [0.15, 0.2) is 0 Å². The summed E-state index contributed by atoms with van der Waals surface area (Å²) >= 11 is 0. The maximum Gasteiger partial charge on any atom is 0.317 e. The molecule has 0 radical (unpaired) electrons. The van der Waals surface area contributed by atoms with E-state index in [2.05, 4.69) is 10.6 Å². The molecule has 0 aromatic carbocycles. The summed E-state index contributed by atoms with van der Waals surface area (Å²) in [7, 11) is 0. The molecule has 0 unspecified atom stereocenters. The average molecular weight is 283 g/mol. The molecule has 0 aromatic heterocycles. The van der Waals surface area contributed by atoms with E-state index in [9.17, 15) is 9.59 Å². The van der Waals surface area contributed by atoms with Gasteiger partial charge in [-0.2, -0.15) is 0 Å². The fraction of sp³-hybridized carbons (Fsp3) is 0.857. The van der Waals surface area contributed by atoms with E-state index in [4.69, 9.17) is 4.74 Å². The van der Waals surface area contributed by atoms with Gasteiger partial charge in [0.15, 0.2) is 0 Å². The summed E-state index contributed by atoms with van der Waals surface area (Å²) in [4.78, 5) is 25.9. The smallest absolute Gasteiger partial charge is 0.317 e. The Bertz CT molecular complexity index is 382. The Morgan fingerprint density at radius 2 is 1.75 bits per heavy atom. The molecule has 3 atom stereocenters. The van der Waals surface area contributed by atoms with E-state index in [0.29, 0.717) is 19.5 Å². The fourth-order valence-corrected chi connectivity index (χ4v) is 2.83. The molecule has 2 aliphatic heterocycles. The molecule has 2 heterocycles.